The van der Waals surface area contributed by atoms with Gasteiger partial charge in [0.15, 0.2) is 0 Å². The van der Waals surface area contributed by atoms with Gasteiger partial charge in [-0.15, -0.1) is 0 Å². The lowest BCUT2D eigenvalue weighted by atomic mass is 10.2. The van der Waals surface area contributed by atoms with Crippen LogP contribution in [0.25, 0.3) is 0 Å². The third kappa shape index (κ3) is 3.08. The van der Waals surface area contributed by atoms with Crippen LogP contribution >= 0.6 is 0 Å². The number of amides is 1. The number of carbonyl (C=O) groups is 1. The minimum atomic E-state index is -0.397. The second-order valence-corrected chi connectivity index (χ2v) is 4.47. The molecule has 0 spiro atoms. The molecule has 94 valence electrons. The van der Waals surface area contributed by atoms with Crippen LogP contribution < -0.4 is 5.73 Å². The van der Waals surface area contributed by atoms with Gasteiger partial charge in [0.1, 0.15) is 5.76 Å². The standard InChI is InChI=1S/C12H19N3O2/c1-10(13)12(16)15-6-4-14(5-7-15)9-11-3-2-8-17-11/h2-3,8,10H,4-7,9,13H2,1H3/t10-/m0/s1. The van der Waals surface area contributed by atoms with Gasteiger partial charge >= 0.3 is 0 Å². The van der Waals surface area contributed by atoms with Gasteiger partial charge in [0.2, 0.25) is 5.91 Å². The summed E-state index contributed by atoms with van der Waals surface area (Å²) < 4.78 is 5.31. The van der Waals surface area contributed by atoms with Crippen LogP contribution in [-0.4, -0.2) is 47.9 Å². The Labute approximate surface area is 101 Å². The highest BCUT2D eigenvalue weighted by Crippen LogP contribution is 2.09. The Morgan fingerprint density at radius 3 is 2.71 bits per heavy atom. The molecule has 0 aromatic carbocycles. The molecule has 2 heterocycles. The van der Waals surface area contributed by atoms with E-state index in [0.717, 1.165) is 38.5 Å². The monoisotopic (exact) mass is 237 g/mol. The summed E-state index contributed by atoms with van der Waals surface area (Å²) in [5, 5.41) is 0. The first-order valence-electron chi connectivity index (χ1n) is 5.96. The smallest absolute Gasteiger partial charge is 0.239 e. The van der Waals surface area contributed by atoms with E-state index in [9.17, 15) is 4.79 Å². The van der Waals surface area contributed by atoms with Crippen molar-refractivity contribution >= 4 is 5.91 Å². The fraction of sp³-hybridized carbons (Fsp3) is 0.583. The van der Waals surface area contributed by atoms with Gasteiger partial charge in [0.05, 0.1) is 18.8 Å². The van der Waals surface area contributed by atoms with Crippen molar-refractivity contribution in [2.75, 3.05) is 26.2 Å². The quantitative estimate of drug-likeness (QED) is 0.819. The van der Waals surface area contributed by atoms with E-state index in [0.29, 0.717) is 0 Å². The fourth-order valence-corrected chi connectivity index (χ4v) is 2.04. The molecule has 0 bridgehead atoms. The van der Waals surface area contributed by atoms with Crippen LogP contribution in [0, 0.1) is 0 Å². The van der Waals surface area contributed by atoms with Gasteiger partial charge in [-0.05, 0) is 19.1 Å². The summed E-state index contributed by atoms with van der Waals surface area (Å²) in [5.41, 5.74) is 5.59. The van der Waals surface area contributed by atoms with E-state index < -0.39 is 6.04 Å². The molecule has 0 radical (unpaired) electrons. The molecule has 1 atom stereocenters. The highest BCUT2D eigenvalue weighted by molar-refractivity contribution is 5.81. The highest BCUT2D eigenvalue weighted by atomic mass is 16.3. The molecule has 2 N–H and O–H groups in total. The number of nitrogens with zero attached hydrogens (tertiary/aromatic N) is 2. The number of carbonyl (C=O) groups excluding carboxylic acids is 1. The second-order valence-electron chi connectivity index (χ2n) is 4.47. The minimum Gasteiger partial charge on any atom is -0.468 e. The number of furan rings is 1. The normalized spacial score (nSPS) is 19.3. The number of hydrogen-bond donors (Lipinski definition) is 1. The van der Waals surface area contributed by atoms with Crippen LogP contribution in [0.4, 0.5) is 0 Å². The van der Waals surface area contributed by atoms with Gasteiger partial charge in [-0.3, -0.25) is 9.69 Å². The fourth-order valence-electron chi connectivity index (χ4n) is 2.04. The van der Waals surface area contributed by atoms with Gasteiger partial charge in [-0.25, -0.2) is 0 Å². The van der Waals surface area contributed by atoms with E-state index in [1.54, 1.807) is 13.2 Å². The van der Waals surface area contributed by atoms with E-state index in [4.69, 9.17) is 10.2 Å². The lowest BCUT2D eigenvalue weighted by molar-refractivity contribution is -0.134. The molecule has 1 aliphatic rings. The van der Waals surface area contributed by atoms with Crippen LogP contribution in [0.3, 0.4) is 0 Å². The van der Waals surface area contributed by atoms with Crippen molar-refractivity contribution in [1.29, 1.82) is 0 Å². The Morgan fingerprint density at radius 2 is 2.18 bits per heavy atom. The predicted octanol–water partition coefficient (Wildman–Crippen LogP) is 0.271. The Bertz CT molecular complexity index is 354. The van der Waals surface area contributed by atoms with E-state index in [1.165, 1.54) is 0 Å². The summed E-state index contributed by atoms with van der Waals surface area (Å²) >= 11 is 0. The van der Waals surface area contributed by atoms with Gasteiger partial charge in [0, 0.05) is 26.2 Å². The number of rotatable bonds is 3. The Morgan fingerprint density at radius 1 is 1.47 bits per heavy atom. The van der Waals surface area contributed by atoms with Crippen LogP contribution in [0.2, 0.25) is 0 Å². The number of piperazine rings is 1. The maximum atomic E-state index is 11.7. The molecule has 5 heteroatoms. The molecule has 2 rings (SSSR count). The molecule has 0 saturated carbocycles. The Hall–Kier alpha value is -1.33. The molecule has 5 nitrogen and oxygen atoms in total. The summed E-state index contributed by atoms with van der Waals surface area (Å²) in [6, 6.07) is 3.47. The van der Waals surface area contributed by atoms with Gasteiger partial charge < -0.3 is 15.1 Å². The first-order chi connectivity index (χ1) is 8.16. The third-order valence-electron chi connectivity index (χ3n) is 3.03. The average molecular weight is 237 g/mol. The average Bonchev–Trinajstić information content (AvgIpc) is 2.82. The summed E-state index contributed by atoms with van der Waals surface area (Å²) in [6.45, 7) is 5.80. The van der Waals surface area contributed by atoms with Crippen molar-refractivity contribution < 1.29 is 9.21 Å². The highest BCUT2D eigenvalue weighted by Gasteiger charge is 2.23. The molecule has 1 amide bonds. The molecular weight excluding hydrogens is 218 g/mol. The van der Waals surface area contributed by atoms with Crippen LogP contribution in [0.15, 0.2) is 22.8 Å². The second kappa shape index (κ2) is 5.33. The first-order valence-corrected chi connectivity index (χ1v) is 5.96. The molecule has 0 aliphatic carbocycles. The minimum absolute atomic E-state index is 0.0441. The Balaban J connectivity index is 1.80. The molecule has 1 aromatic heterocycles. The summed E-state index contributed by atoms with van der Waals surface area (Å²) in [6.07, 6.45) is 1.69. The van der Waals surface area contributed by atoms with E-state index in [2.05, 4.69) is 4.90 Å². The van der Waals surface area contributed by atoms with Crippen molar-refractivity contribution in [3.05, 3.63) is 24.2 Å². The van der Waals surface area contributed by atoms with Crippen molar-refractivity contribution in [3.63, 3.8) is 0 Å². The summed E-state index contributed by atoms with van der Waals surface area (Å²) in [5.74, 6) is 1.01. The van der Waals surface area contributed by atoms with Gasteiger partial charge in [0.25, 0.3) is 0 Å². The zero-order valence-electron chi connectivity index (χ0n) is 10.1. The zero-order valence-corrected chi connectivity index (χ0v) is 10.1. The van der Waals surface area contributed by atoms with Crippen LogP contribution in [-0.2, 0) is 11.3 Å². The lowest BCUT2D eigenvalue weighted by Gasteiger charge is -2.35. The molecule has 1 aliphatic heterocycles. The molecule has 17 heavy (non-hydrogen) atoms. The van der Waals surface area contributed by atoms with Crippen molar-refractivity contribution in [1.82, 2.24) is 9.80 Å². The predicted molar refractivity (Wildman–Crippen MR) is 64.2 cm³/mol. The van der Waals surface area contributed by atoms with Crippen molar-refractivity contribution in [2.45, 2.75) is 19.5 Å². The van der Waals surface area contributed by atoms with E-state index >= 15 is 0 Å². The van der Waals surface area contributed by atoms with Gasteiger partial charge in [-0.2, -0.15) is 0 Å². The summed E-state index contributed by atoms with van der Waals surface area (Å²) in [4.78, 5) is 15.8. The van der Waals surface area contributed by atoms with E-state index in [-0.39, 0.29) is 5.91 Å². The summed E-state index contributed by atoms with van der Waals surface area (Å²) in [7, 11) is 0. The lowest BCUT2D eigenvalue weighted by Crippen LogP contribution is -2.52. The first kappa shape index (κ1) is 12.1. The molecule has 0 unspecified atom stereocenters. The third-order valence-corrected chi connectivity index (χ3v) is 3.03. The number of nitrogens with two attached hydrogens (primary N) is 1. The van der Waals surface area contributed by atoms with Gasteiger partial charge in [-0.1, -0.05) is 0 Å². The number of hydrogen-bond acceptors (Lipinski definition) is 4. The molecular formula is C12H19N3O2. The zero-order chi connectivity index (χ0) is 12.3. The van der Waals surface area contributed by atoms with Crippen molar-refractivity contribution in [2.24, 2.45) is 5.73 Å². The SMILES string of the molecule is C[C@H](N)C(=O)N1CCN(Cc2ccco2)CC1. The molecule has 1 aromatic rings. The van der Waals surface area contributed by atoms with Crippen LogP contribution in [0.1, 0.15) is 12.7 Å². The maximum absolute atomic E-state index is 11.7. The van der Waals surface area contributed by atoms with Crippen molar-refractivity contribution in [3.8, 4) is 0 Å². The van der Waals surface area contributed by atoms with E-state index in [1.807, 2.05) is 17.0 Å². The molecule has 1 saturated heterocycles. The molecule has 1 fully saturated rings. The largest absolute Gasteiger partial charge is 0.468 e. The Kier molecular flexibility index (Phi) is 3.81. The topological polar surface area (TPSA) is 62.7 Å². The van der Waals surface area contributed by atoms with Crippen LogP contribution in [0.5, 0.6) is 0 Å². The maximum Gasteiger partial charge on any atom is 0.239 e.